The van der Waals surface area contributed by atoms with Crippen LogP contribution in [0, 0.1) is 0 Å². The van der Waals surface area contributed by atoms with Gasteiger partial charge in [0.2, 0.25) is 11.8 Å². The van der Waals surface area contributed by atoms with Crippen LogP contribution in [-0.4, -0.2) is 49.6 Å². The third-order valence-corrected chi connectivity index (χ3v) is 4.42. The molecule has 1 aliphatic heterocycles. The van der Waals surface area contributed by atoms with E-state index in [-0.39, 0.29) is 18.4 Å². The first-order valence-corrected chi connectivity index (χ1v) is 9.00. The van der Waals surface area contributed by atoms with Gasteiger partial charge in [-0.05, 0) is 23.8 Å². The molecule has 7 heteroatoms. The molecule has 1 aromatic carbocycles. The number of amides is 2. The lowest BCUT2D eigenvalue weighted by atomic mass is 10.2. The molecule has 7 nitrogen and oxygen atoms in total. The highest BCUT2D eigenvalue weighted by atomic mass is 16.5. The molecule has 3 rings (SSSR count). The first kappa shape index (κ1) is 18.8. The molecule has 0 unspecified atom stereocenters. The molecule has 2 amide bonds. The zero-order valence-electron chi connectivity index (χ0n) is 15.4. The van der Waals surface area contributed by atoms with Gasteiger partial charge in [-0.1, -0.05) is 18.2 Å². The standard InChI is InChI=1S/C20H24N4O3/c1-16(25)24(15-20(26)22-14-17-5-4-8-21-13-17)19-7-3-2-6-18(19)23-9-11-27-12-10-23/h2-8,13H,9-12,14-15H2,1H3,(H,22,26). The van der Waals surface area contributed by atoms with Crippen LogP contribution in [0.15, 0.2) is 48.8 Å². The van der Waals surface area contributed by atoms with Gasteiger partial charge < -0.3 is 19.9 Å². The van der Waals surface area contributed by atoms with Gasteiger partial charge in [0.1, 0.15) is 6.54 Å². The maximum atomic E-state index is 12.4. The van der Waals surface area contributed by atoms with E-state index in [1.807, 2.05) is 36.4 Å². The van der Waals surface area contributed by atoms with E-state index in [0.29, 0.717) is 19.8 Å². The lowest BCUT2D eigenvalue weighted by molar-refractivity contribution is -0.123. The number of ether oxygens (including phenoxy) is 1. The molecule has 0 aliphatic carbocycles. The Labute approximate surface area is 158 Å². The van der Waals surface area contributed by atoms with Crippen LogP contribution in [0.2, 0.25) is 0 Å². The van der Waals surface area contributed by atoms with Crippen LogP contribution in [0.3, 0.4) is 0 Å². The molecule has 1 saturated heterocycles. The smallest absolute Gasteiger partial charge is 0.240 e. The summed E-state index contributed by atoms with van der Waals surface area (Å²) < 4.78 is 5.42. The molecule has 0 bridgehead atoms. The second kappa shape index (κ2) is 9.14. The maximum absolute atomic E-state index is 12.4. The molecule has 2 heterocycles. The summed E-state index contributed by atoms with van der Waals surface area (Å²) >= 11 is 0. The molecule has 0 spiro atoms. The van der Waals surface area contributed by atoms with Crippen LogP contribution in [0.1, 0.15) is 12.5 Å². The van der Waals surface area contributed by atoms with Crippen molar-refractivity contribution in [3.8, 4) is 0 Å². The quantitative estimate of drug-likeness (QED) is 0.838. The zero-order valence-corrected chi connectivity index (χ0v) is 15.4. The Morgan fingerprint density at radius 2 is 1.96 bits per heavy atom. The largest absolute Gasteiger partial charge is 0.378 e. The van der Waals surface area contributed by atoms with Crippen molar-refractivity contribution in [3.05, 3.63) is 54.4 Å². The Morgan fingerprint density at radius 1 is 1.19 bits per heavy atom. The van der Waals surface area contributed by atoms with Gasteiger partial charge in [-0.25, -0.2) is 0 Å². The maximum Gasteiger partial charge on any atom is 0.240 e. The predicted octanol–water partition coefficient (Wildman–Crippen LogP) is 1.59. The molecule has 1 fully saturated rings. The monoisotopic (exact) mass is 368 g/mol. The normalized spacial score (nSPS) is 13.9. The van der Waals surface area contributed by atoms with Crippen molar-refractivity contribution in [3.63, 3.8) is 0 Å². The number of nitrogens with one attached hydrogen (secondary N) is 1. The van der Waals surface area contributed by atoms with Gasteiger partial charge in [-0.2, -0.15) is 0 Å². The van der Waals surface area contributed by atoms with Crippen LogP contribution in [-0.2, 0) is 20.9 Å². The number of pyridine rings is 1. The molecule has 0 saturated carbocycles. The summed E-state index contributed by atoms with van der Waals surface area (Å²) in [5.74, 6) is -0.391. The van der Waals surface area contributed by atoms with Gasteiger partial charge in [-0.15, -0.1) is 0 Å². The van der Waals surface area contributed by atoms with Crippen LogP contribution >= 0.6 is 0 Å². The zero-order chi connectivity index (χ0) is 19.1. The van der Waals surface area contributed by atoms with E-state index >= 15 is 0 Å². The minimum absolute atomic E-state index is 0.0308. The highest BCUT2D eigenvalue weighted by molar-refractivity contribution is 6.00. The van der Waals surface area contributed by atoms with Gasteiger partial charge in [0.25, 0.3) is 0 Å². The molecular weight excluding hydrogens is 344 g/mol. The number of hydrogen-bond donors (Lipinski definition) is 1. The molecule has 27 heavy (non-hydrogen) atoms. The first-order valence-electron chi connectivity index (χ1n) is 9.00. The van der Waals surface area contributed by atoms with Gasteiger partial charge in [0, 0.05) is 39.0 Å². The van der Waals surface area contributed by atoms with E-state index in [9.17, 15) is 9.59 Å². The van der Waals surface area contributed by atoms with E-state index in [1.165, 1.54) is 11.8 Å². The van der Waals surface area contributed by atoms with Crippen LogP contribution < -0.4 is 15.1 Å². The summed E-state index contributed by atoms with van der Waals surface area (Å²) in [6, 6.07) is 11.4. The summed E-state index contributed by atoms with van der Waals surface area (Å²) in [4.78, 5) is 32.4. The molecular formula is C20H24N4O3. The Balaban J connectivity index is 1.72. The van der Waals surface area contributed by atoms with Crippen LogP contribution in [0.25, 0.3) is 0 Å². The molecule has 1 N–H and O–H groups in total. The van der Waals surface area contributed by atoms with Crippen molar-refractivity contribution in [1.82, 2.24) is 10.3 Å². The van der Waals surface area contributed by atoms with Gasteiger partial charge in [0.15, 0.2) is 0 Å². The predicted molar refractivity (Wildman–Crippen MR) is 104 cm³/mol. The molecule has 0 atom stereocenters. The highest BCUT2D eigenvalue weighted by Crippen LogP contribution is 2.30. The molecule has 142 valence electrons. The van der Waals surface area contributed by atoms with Crippen molar-refractivity contribution < 1.29 is 14.3 Å². The lowest BCUT2D eigenvalue weighted by Gasteiger charge is -2.33. The molecule has 2 aromatic rings. The third kappa shape index (κ3) is 5.04. The first-order chi connectivity index (χ1) is 13.1. The number of hydrogen-bond acceptors (Lipinski definition) is 5. The Kier molecular flexibility index (Phi) is 6.38. The van der Waals surface area contributed by atoms with Crippen molar-refractivity contribution >= 4 is 23.2 Å². The van der Waals surface area contributed by atoms with Crippen molar-refractivity contribution in [2.45, 2.75) is 13.5 Å². The average molecular weight is 368 g/mol. The summed E-state index contributed by atoms with van der Waals surface area (Å²) in [6.07, 6.45) is 3.39. The van der Waals surface area contributed by atoms with E-state index in [2.05, 4.69) is 15.2 Å². The molecule has 1 aromatic heterocycles. The van der Waals surface area contributed by atoms with Crippen molar-refractivity contribution in [1.29, 1.82) is 0 Å². The topological polar surface area (TPSA) is 74.8 Å². The summed E-state index contributed by atoms with van der Waals surface area (Å²) in [7, 11) is 0. The Hall–Kier alpha value is -2.93. The number of nitrogens with zero attached hydrogens (tertiary/aromatic N) is 3. The molecule has 1 aliphatic rings. The Bertz CT molecular complexity index is 776. The van der Waals surface area contributed by atoms with Gasteiger partial charge in [0.05, 0.1) is 24.6 Å². The van der Waals surface area contributed by atoms with Crippen molar-refractivity contribution in [2.24, 2.45) is 0 Å². The Morgan fingerprint density at radius 3 is 2.67 bits per heavy atom. The second-order valence-electron chi connectivity index (χ2n) is 6.33. The van der Waals surface area contributed by atoms with Crippen LogP contribution in [0.4, 0.5) is 11.4 Å². The number of para-hydroxylation sites is 2. The number of aromatic nitrogens is 1. The van der Waals surface area contributed by atoms with E-state index < -0.39 is 0 Å². The fourth-order valence-electron chi connectivity index (χ4n) is 3.03. The minimum atomic E-state index is -0.217. The number of carbonyl (C=O) groups excluding carboxylic acids is 2. The van der Waals surface area contributed by atoms with Gasteiger partial charge >= 0.3 is 0 Å². The number of benzene rings is 1. The summed E-state index contributed by atoms with van der Waals surface area (Å²) in [5.41, 5.74) is 2.59. The fourth-order valence-corrected chi connectivity index (χ4v) is 3.03. The third-order valence-electron chi connectivity index (χ3n) is 4.42. The molecule has 0 radical (unpaired) electrons. The minimum Gasteiger partial charge on any atom is -0.378 e. The summed E-state index contributed by atoms with van der Waals surface area (Å²) in [6.45, 7) is 4.65. The van der Waals surface area contributed by atoms with Crippen molar-refractivity contribution in [2.75, 3.05) is 42.6 Å². The van der Waals surface area contributed by atoms with E-state index in [1.54, 1.807) is 12.4 Å². The SMILES string of the molecule is CC(=O)N(CC(=O)NCc1cccnc1)c1ccccc1N1CCOCC1. The lowest BCUT2D eigenvalue weighted by Crippen LogP contribution is -2.42. The summed E-state index contributed by atoms with van der Waals surface area (Å²) in [5, 5.41) is 2.85. The number of rotatable bonds is 6. The van der Waals surface area contributed by atoms with Gasteiger partial charge in [-0.3, -0.25) is 14.6 Å². The fraction of sp³-hybridized carbons (Fsp3) is 0.350. The number of morpholine rings is 1. The van der Waals surface area contributed by atoms with Crippen LogP contribution in [0.5, 0.6) is 0 Å². The second-order valence-corrected chi connectivity index (χ2v) is 6.33. The van der Waals surface area contributed by atoms with E-state index in [4.69, 9.17) is 4.74 Å². The number of anilines is 2. The van der Waals surface area contributed by atoms with E-state index in [0.717, 1.165) is 30.0 Å². The average Bonchev–Trinajstić information content (AvgIpc) is 2.72. The highest BCUT2D eigenvalue weighted by Gasteiger charge is 2.22. The number of carbonyl (C=O) groups is 2.